The smallest absolute Gasteiger partial charge is 0.311 e. The topological polar surface area (TPSA) is 59.2 Å². The molecule has 0 bridgehead atoms. The van der Waals surface area contributed by atoms with Crippen LogP contribution in [0.4, 0.5) is 0 Å². The largest absolute Gasteiger partial charge is 0.421 e. The van der Waals surface area contributed by atoms with Crippen LogP contribution in [0.15, 0.2) is 59.5 Å². The molecule has 0 spiro atoms. The van der Waals surface area contributed by atoms with Gasteiger partial charge in [0.15, 0.2) is 5.75 Å². The zero-order valence-corrected chi connectivity index (χ0v) is 12.8. The van der Waals surface area contributed by atoms with Crippen LogP contribution >= 0.6 is 0 Å². The Morgan fingerprint density at radius 2 is 1.87 bits per heavy atom. The van der Waals surface area contributed by atoms with Gasteiger partial charge in [0.2, 0.25) is 5.43 Å². The molecule has 0 unspecified atom stereocenters. The molecule has 0 atom stereocenters. The normalized spacial score (nSPS) is 10.7. The second kappa shape index (κ2) is 6.48. The monoisotopic (exact) mass is 307 g/mol. The summed E-state index contributed by atoms with van der Waals surface area (Å²) in [6, 6.07) is 15.8. The minimum absolute atomic E-state index is 0.0428. The van der Waals surface area contributed by atoms with Gasteiger partial charge in [0.1, 0.15) is 0 Å². The number of aromatic amines is 1. The highest BCUT2D eigenvalue weighted by molar-refractivity contribution is 5.81. The molecule has 1 aromatic heterocycles. The number of pyridine rings is 1. The number of nitrogens with one attached hydrogen (secondary N) is 1. The number of fused-ring (bicyclic) bond motifs is 1. The molecule has 0 amide bonds. The van der Waals surface area contributed by atoms with Crippen molar-refractivity contribution in [3.63, 3.8) is 0 Å². The van der Waals surface area contributed by atoms with Gasteiger partial charge < -0.3 is 9.72 Å². The number of benzene rings is 2. The number of hydrogen-bond acceptors (Lipinski definition) is 3. The van der Waals surface area contributed by atoms with E-state index in [1.807, 2.05) is 48.5 Å². The molecule has 3 rings (SSSR count). The van der Waals surface area contributed by atoms with Crippen molar-refractivity contribution in [3.8, 4) is 5.75 Å². The fourth-order valence-electron chi connectivity index (χ4n) is 2.46. The summed E-state index contributed by atoms with van der Waals surface area (Å²) in [5.41, 5.74) is 2.67. The summed E-state index contributed by atoms with van der Waals surface area (Å²) in [4.78, 5) is 26.9. The van der Waals surface area contributed by atoms with E-state index in [-0.39, 0.29) is 17.6 Å². The van der Waals surface area contributed by atoms with E-state index in [0.29, 0.717) is 5.39 Å². The summed E-state index contributed by atoms with van der Waals surface area (Å²) in [5, 5.41) is 0.528. The molecule has 3 aromatic rings. The number of aromatic nitrogens is 1. The molecule has 1 heterocycles. The number of H-pyrrole nitrogens is 1. The van der Waals surface area contributed by atoms with Crippen LogP contribution in [-0.4, -0.2) is 11.0 Å². The molecular formula is C19H17NO3. The van der Waals surface area contributed by atoms with Crippen LogP contribution < -0.4 is 10.2 Å². The molecule has 4 nitrogen and oxygen atoms in total. The Kier molecular flexibility index (Phi) is 4.24. The molecule has 0 aliphatic heterocycles. The first-order valence-corrected chi connectivity index (χ1v) is 7.56. The second-order valence-corrected chi connectivity index (χ2v) is 5.35. The number of esters is 1. The predicted molar refractivity (Wildman–Crippen MR) is 89.7 cm³/mol. The van der Waals surface area contributed by atoms with E-state index >= 15 is 0 Å². The fourth-order valence-corrected chi connectivity index (χ4v) is 2.46. The van der Waals surface area contributed by atoms with Crippen molar-refractivity contribution in [2.75, 3.05) is 0 Å². The lowest BCUT2D eigenvalue weighted by molar-refractivity contribution is -0.134. The van der Waals surface area contributed by atoms with E-state index in [1.54, 1.807) is 6.92 Å². The standard InChI is InChI=1S/C19H17NO3/c1-2-18(21)23-17-12-20-16-9-8-14(11-15(16)19(17)22)10-13-6-4-3-5-7-13/h3-9,11-12H,2,10H2,1H3,(H,20,22). The molecule has 0 aliphatic carbocycles. The summed E-state index contributed by atoms with van der Waals surface area (Å²) < 4.78 is 5.08. The van der Waals surface area contributed by atoms with E-state index in [0.717, 1.165) is 17.5 Å². The molecule has 0 aliphatic rings. The first-order chi connectivity index (χ1) is 11.2. The zero-order valence-electron chi connectivity index (χ0n) is 12.8. The van der Waals surface area contributed by atoms with E-state index in [1.165, 1.54) is 11.8 Å². The summed E-state index contributed by atoms with van der Waals surface area (Å²) in [6.07, 6.45) is 2.41. The molecule has 2 aromatic carbocycles. The molecular weight excluding hydrogens is 290 g/mol. The van der Waals surface area contributed by atoms with Gasteiger partial charge in [-0.15, -0.1) is 0 Å². The van der Waals surface area contributed by atoms with Crippen LogP contribution in [0.5, 0.6) is 5.75 Å². The van der Waals surface area contributed by atoms with Gasteiger partial charge in [-0.25, -0.2) is 0 Å². The van der Waals surface area contributed by atoms with Crippen molar-refractivity contribution in [2.24, 2.45) is 0 Å². The van der Waals surface area contributed by atoms with Crippen LogP contribution in [0, 0.1) is 0 Å². The highest BCUT2D eigenvalue weighted by Gasteiger charge is 2.10. The molecule has 0 saturated carbocycles. The van der Waals surface area contributed by atoms with E-state index in [9.17, 15) is 9.59 Å². The maximum atomic E-state index is 12.5. The number of rotatable bonds is 4. The number of carbonyl (C=O) groups excluding carboxylic acids is 1. The Labute approximate surface area is 133 Å². The van der Waals surface area contributed by atoms with Gasteiger partial charge in [-0.1, -0.05) is 43.3 Å². The van der Waals surface area contributed by atoms with Crippen molar-refractivity contribution >= 4 is 16.9 Å². The number of hydrogen-bond donors (Lipinski definition) is 1. The first kappa shape index (κ1) is 15.0. The van der Waals surface area contributed by atoms with Crippen LogP contribution in [0.2, 0.25) is 0 Å². The maximum absolute atomic E-state index is 12.5. The minimum atomic E-state index is -0.421. The van der Waals surface area contributed by atoms with Crippen LogP contribution in [0.25, 0.3) is 10.9 Å². The average molecular weight is 307 g/mol. The Balaban J connectivity index is 1.99. The van der Waals surface area contributed by atoms with Gasteiger partial charge in [-0.05, 0) is 29.7 Å². The number of ether oxygens (including phenoxy) is 1. The van der Waals surface area contributed by atoms with Crippen LogP contribution in [0.3, 0.4) is 0 Å². The molecule has 0 radical (unpaired) electrons. The third-order valence-corrected chi connectivity index (χ3v) is 3.67. The Morgan fingerprint density at radius 1 is 1.09 bits per heavy atom. The fraction of sp³-hybridized carbons (Fsp3) is 0.158. The highest BCUT2D eigenvalue weighted by Crippen LogP contribution is 2.17. The van der Waals surface area contributed by atoms with Gasteiger partial charge in [0.25, 0.3) is 0 Å². The second-order valence-electron chi connectivity index (χ2n) is 5.35. The quantitative estimate of drug-likeness (QED) is 0.751. The third kappa shape index (κ3) is 3.31. The van der Waals surface area contributed by atoms with Crippen molar-refractivity contribution in [3.05, 3.63) is 76.1 Å². The van der Waals surface area contributed by atoms with Gasteiger partial charge in [-0.2, -0.15) is 0 Å². The lowest BCUT2D eigenvalue weighted by Crippen LogP contribution is -2.14. The maximum Gasteiger partial charge on any atom is 0.311 e. The van der Waals surface area contributed by atoms with Gasteiger partial charge >= 0.3 is 5.97 Å². The molecule has 0 saturated heterocycles. The van der Waals surface area contributed by atoms with Crippen LogP contribution in [0.1, 0.15) is 24.5 Å². The van der Waals surface area contributed by atoms with E-state index in [2.05, 4.69) is 4.98 Å². The van der Waals surface area contributed by atoms with Crippen molar-refractivity contribution in [1.82, 2.24) is 4.98 Å². The zero-order chi connectivity index (χ0) is 16.2. The lowest BCUT2D eigenvalue weighted by atomic mass is 10.0. The Morgan fingerprint density at radius 3 is 2.61 bits per heavy atom. The van der Waals surface area contributed by atoms with Gasteiger partial charge in [0, 0.05) is 23.5 Å². The third-order valence-electron chi connectivity index (χ3n) is 3.67. The van der Waals surface area contributed by atoms with Crippen molar-refractivity contribution in [2.45, 2.75) is 19.8 Å². The molecule has 0 fully saturated rings. The summed E-state index contributed by atoms with van der Waals surface area (Å²) in [7, 11) is 0. The Bertz CT molecular complexity index is 897. The average Bonchev–Trinajstić information content (AvgIpc) is 2.58. The van der Waals surface area contributed by atoms with E-state index < -0.39 is 5.97 Å². The molecule has 4 heteroatoms. The SMILES string of the molecule is CCC(=O)Oc1c[nH]c2ccc(Cc3ccccc3)cc2c1=O. The summed E-state index contributed by atoms with van der Waals surface area (Å²) in [6.45, 7) is 1.69. The molecule has 116 valence electrons. The van der Waals surface area contributed by atoms with E-state index in [4.69, 9.17) is 4.74 Å². The van der Waals surface area contributed by atoms with Crippen LogP contribution in [-0.2, 0) is 11.2 Å². The summed E-state index contributed by atoms with van der Waals surface area (Å²) in [5.74, 6) is -0.378. The Hall–Kier alpha value is -2.88. The van der Waals surface area contributed by atoms with Crippen molar-refractivity contribution < 1.29 is 9.53 Å². The first-order valence-electron chi connectivity index (χ1n) is 7.56. The minimum Gasteiger partial charge on any atom is -0.421 e. The van der Waals surface area contributed by atoms with Gasteiger partial charge in [-0.3, -0.25) is 9.59 Å². The summed E-state index contributed by atoms with van der Waals surface area (Å²) >= 11 is 0. The lowest BCUT2D eigenvalue weighted by Gasteiger charge is -2.06. The molecule has 23 heavy (non-hydrogen) atoms. The predicted octanol–water partition coefficient (Wildman–Crippen LogP) is 3.43. The highest BCUT2D eigenvalue weighted by atomic mass is 16.5. The number of carbonyl (C=O) groups is 1. The molecule has 1 N–H and O–H groups in total. The van der Waals surface area contributed by atoms with Crippen molar-refractivity contribution in [1.29, 1.82) is 0 Å². The van der Waals surface area contributed by atoms with Gasteiger partial charge in [0.05, 0.1) is 0 Å².